The van der Waals surface area contributed by atoms with Crippen molar-refractivity contribution in [3.8, 4) is 21.8 Å². The van der Waals surface area contributed by atoms with Crippen LogP contribution >= 0.6 is 11.3 Å². The lowest BCUT2D eigenvalue weighted by Gasteiger charge is -2.38. The van der Waals surface area contributed by atoms with Crippen molar-refractivity contribution in [1.29, 1.82) is 0 Å². The number of thiophene rings is 1. The molecule has 6 nitrogen and oxygen atoms in total. The quantitative estimate of drug-likeness (QED) is 0.518. The van der Waals surface area contributed by atoms with E-state index in [1.165, 1.54) is 6.07 Å². The molecule has 31 heavy (non-hydrogen) atoms. The van der Waals surface area contributed by atoms with Gasteiger partial charge in [-0.3, -0.25) is 9.97 Å². The zero-order valence-corrected chi connectivity index (χ0v) is 17.5. The fourth-order valence-electron chi connectivity index (χ4n) is 3.94. The minimum atomic E-state index is -1.18. The number of aliphatic hydroxyl groups is 1. The number of aromatic nitrogens is 4. The summed E-state index contributed by atoms with van der Waals surface area (Å²) in [5.74, 6) is 0.217. The molecule has 5 rings (SSSR count). The first-order valence-corrected chi connectivity index (χ1v) is 10.9. The maximum Gasteiger partial charge on any atom is 0.225 e. The van der Waals surface area contributed by atoms with Gasteiger partial charge in [0, 0.05) is 42.8 Å². The zero-order chi connectivity index (χ0) is 21.3. The highest BCUT2D eigenvalue weighted by Crippen LogP contribution is 2.37. The Kier molecular flexibility index (Phi) is 5.17. The highest BCUT2D eigenvalue weighted by molar-refractivity contribution is 7.13. The third-order valence-electron chi connectivity index (χ3n) is 5.62. The van der Waals surface area contributed by atoms with E-state index in [1.54, 1.807) is 54.3 Å². The van der Waals surface area contributed by atoms with Crippen LogP contribution in [0.15, 0.2) is 66.6 Å². The molecule has 0 aliphatic carbocycles. The van der Waals surface area contributed by atoms with Crippen molar-refractivity contribution in [2.75, 3.05) is 18.0 Å². The highest BCUT2D eigenvalue weighted by Gasteiger charge is 2.36. The third kappa shape index (κ3) is 3.80. The number of piperidine rings is 1. The van der Waals surface area contributed by atoms with Gasteiger partial charge in [-0.25, -0.2) is 14.4 Å². The molecule has 1 aromatic carbocycles. The van der Waals surface area contributed by atoms with Gasteiger partial charge in [0.05, 0.1) is 28.1 Å². The standard InChI is InChI=1S/C23H20FN5OS/c24-18-5-2-1-4-17(18)23(30)7-11-29(12-8-23)22-27-14-16(19-15-25-9-10-26-19)21(28-22)20-6-3-13-31-20/h1-6,9-10,13-15,30H,7-8,11-12H2. The van der Waals surface area contributed by atoms with E-state index in [1.807, 2.05) is 22.4 Å². The molecule has 0 bridgehead atoms. The van der Waals surface area contributed by atoms with Crippen LogP contribution in [0.25, 0.3) is 21.8 Å². The van der Waals surface area contributed by atoms with Crippen molar-refractivity contribution in [3.63, 3.8) is 0 Å². The van der Waals surface area contributed by atoms with E-state index in [0.29, 0.717) is 43.1 Å². The van der Waals surface area contributed by atoms with Crippen LogP contribution < -0.4 is 4.90 Å². The van der Waals surface area contributed by atoms with Crippen LogP contribution in [0.2, 0.25) is 0 Å². The Morgan fingerprint density at radius 2 is 1.84 bits per heavy atom. The van der Waals surface area contributed by atoms with Crippen LogP contribution in [-0.4, -0.2) is 38.1 Å². The number of benzene rings is 1. The number of hydrogen-bond donors (Lipinski definition) is 1. The smallest absolute Gasteiger partial charge is 0.225 e. The lowest BCUT2D eigenvalue weighted by molar-refractivity contribution is 0.00826. The molecule has 3 aromatic heterocycles. The van der Waals surface area contributed by atoms with Crippen LogP contribution in [0.5, 0.6) is 0 Å². The van der Waals surface area contributed by atoms with E-state index in [9.17, 15) is 9.50 Å². The molecule has 0 unspecified atom stereocenters. The average molecular weight is 434 g/mol. The van der Waals surface area contributed by atoms with Gasteiger partial charge in [-0.1, -0.05) is 24.3 Å². The van der Waals surface area contributed by atoms with E-state index in [0.717, 1.165) is 16.1 Å². The fraction of sp³-hybridized carbons (Fsp3) is 0.217. The zero-order valence-electron chi connectivity index (χ0n) is 16.6. The van der Waals surface area contributed by atoms with Crippen LogP contribution in [0, 0.1) is 5.82 Å². The molecule has 1 N–H and O–H groups in total. The molecule has 4 aromatic rings. The van der Waals surface area contributed by atoms with Gasteiger partial charge in [-0.05, 0) is 30.4 Å². The van der Waals surface area contributed by atoms with Gasteiger partial charge in [-0.2, -0.15) is 0 Å². The van der Waals surface area contributed by atoms with E-state index < -0.39 is 5.60 Å². The van der Waals surface area contributed by atoms with Crippen LogP contribution in [0.1, 0.15) is 18.4 Å². The summed E-state index contributed by atoms with van der Waals surface area (Å²) in [5, 5.41) is 13.1. The van der Waals surface area contributed by atoms with Gasteiger partial charge in [-0.15, -0.1) is 11.3 Å². The number of rotatable bonds is 4. The third-order valence-corrected chi connectivity index (χ3v) is 6.49. The summed E-state index contributed by atoms with van der Waals surface area (Å²) in [7, 11) is 0. The second-order valence-electron chi connectivity index (χ2n) is 7.50. The Balaban J connectivity index is 1.44. The van der Waals surface area contributed by atoms with Crippen molar-refractivity contribution in [2.24, 2.45) is 0 Å². The van der Waals surface area contributed by atoms with Gasteiger partial charge < -0.3 is 10.0 Å². The Labute approximate surface area is 183 Å². The first kappa shape index (κ1) is 19.7. The molecule has 156 valence electrons. The monoisotopic (exact) mass is 433 g/mol. The molecule has 1 saturated heterocycles. The first-order valence-electron chi connectivity index (χ1n) is 10.0. The number of halogens is 1. The Morgan fingerprint density at radius 3 is 2.55 bits per heavy atom. The fourth-order valence-corrected chi connectivity index (χ4v) is 4.66. The lowest BCUT2D eigenvalue weighted by atomic mass is 9.84. The van der Waals surface area contributed by atoms with E-state index in [4.69, 9.17) is 4.98 Å². The van der Waals surface area contributed by atoms with E-state index in [2.05, 4.69) is 15.0 Å². The average Bonchev–Trinajstić information content (AvgIpc) is 3.35. The molecular formula is C23H20FN5OS. The normalized spacial score (nSPS) is 15.7. The number of anilines is 1. The molecule has 0 saturated carbocycles. The van der Waals surface area contributed by atoms with Crippen molar-refractivity contribution in [1.82, 2.24) is 19.9 Å². The van der Waals surface area contributed by atoms with E-state index >= 15 is 0 Å². The Hall–Kier alpha value is -3.23. The van der Waals surface area contributed by atoms with Gasteiger partial charge in [0.2, 0.25) is 5.95 Å². The topological polar surface area (TPSA) is 75.0 Å². The second kappa shape index (κ2) is 8.13. The highest BCUT2D eigenvalue weighted by atomic mass is 32.1. The summed E-state index contributed by atoms with van der Waals surface area (Å²) in [4.78, 5) is 21.1. The second-order valence-corrected chi connectivity index (χ2v) is 8.45. The van der Waals surface area contributed by atoms with Crippen molar-refractivity contribution < 1.29 is 9.50 Å². The Morgan fingerprint density at radius 1 is 1.00 bits per heavy atom. The number of hydrogen-bond acceptors (Lipinski definition) is 7. The van der Waals surface area contributed by atoms with Crippen molar-refractivity contribution in [2.45, 2.75) is 18.4 Å². The van der Waals surface area contributed by atoms with Crippen molar-refractivity contribution in [3.05, 3.63) is 77.9 Å². The minimum Gasteiger partial charge on any atom is -0.385 e. The van der Waals surface area contributed by atoms with Crippen LogP contribution in [0.3, 0.4) is 0 Å². The molecule has 1 fully saturated rings. The Bertz CT molecular complexity index is 1180. The van der Waals surface area contributed by atoms with Gasteiger partial charge >= 0.3 is 0 Å². The molecule has 0 spiro atoms. The summed E-state index contributed by atoms with van der Waals surface area (Å²) < 4.78 is 14.2. The summed E-state index contributed by atoms with van der Waals surface area (Å²) in [5.41, 5.74) is 1.50. The predicted molar refractivity (Wildman–Crippen MR) is 118 cm³/mol. The summed E-state index contributed by atoms with van der Waals surface area (Å²) in [6, 6.07) is 10.4. The minimum absolute atomic E-state index is 0.354. The molecular weight excluding hydrogens is 413 g/mol. The van der Waals surface area contributed by atoms with E-state index in [-0.39, 0.29) is 5.82 Å². The lowest BCUT2D eigenvalue weighted by Crippen LogP contribution is -2.43. The molecule has 8 heteroatoms. The summed E-state index contributed by atoms with van der Waals surface area (Å²) >= 11 is 1.60. The molecule has 0 amide bonds. The number of nitrogens with zero attached hydrogens (tertiary/aromatic N) is 5. The molecule has 1 aliphatic heterocycles. The van der Waals surface area contributed by atoms with Crippen LogP contribution in [0.4, 0.5) is 10.3 Å². The van der Waals surface area contributed by atoms with Crippen molar-refractivity contribution >= 4 is 17.3 Å². The van der Waals surface area contributed by atoms with Crippen LogP contribution in [-0.2, 0) is 5.60 Å². The van der Waals surface area contributed by atoms with Gasteiger partial charge in [0.15, 0.2) is 0 Å². The molecule has 0 atom stereocenters. The predicted octanol–water partition coefficient (Wildman–Crippen LogP) is 4.29. The molecule has 1 aliphatic rings. The maximum absolute atomic E-state index is 14.2. The summed E-state index contributed by atoms with van der Waals surface area (Å²) in [6.07, 6.45) is 7.56. The molecule has 4 heterocycles. The largest absolute Gasteiger partial charge is 0.385 e. The van der Waals surface area contributed by atoms with Gasteiger partial charge in [0.1, 0.15) is 5.82 Å². The molecule has 0 radical (unpaired) electrons. The maximum atomic E-state index is 14.2. The summed E-state index contributed by atoms with van der Waals surface area (Å²) in [6.45, 7) is 1.05. The van der Waals surface area contributed by atoms with Gasteiger partial charge in [0.25, 0.3) is 0 Å². The first-order chi connectivity index (χ1) is 15.1. The SMILES string of the molecule is OC1(c2ccccc2F)CCN(c2ncc(-c3cnccn3)c(-c3cccs3)n2)CC1.